The number of hydrogen-bond donors (Lipinski definition) is 1. The van der Waals surface area contributed by atoms with Crippen LogP contribution in [0.3, 0.4) is 0 Å². The molecule has 156 valence electrons. The summed E-state index contributed by atoms with van der Waals surface area (Å²) in [6.07, 6.45) is 11.9. The Hall–Kier alpha value is -1.09. The molecule has 3 saturated carbocycles. The molecule has 3 unspecified atom stereocenters. The molecule has 0 heterocycles. The summed E-state index contributed by atoms with van der Waals surface area (Å²) in [6, 6.07) is 0. The number of fused-ring (bicyclic) bond motifs is 5. The van der Waals surface area contributed by atoms with Crippen molar-refractivity contribution in [3.63, 3.8) is 0 Å². The molecule has 0 radical (unpaired) electrons. The second kappa shape index (κ2) is 6.72. The zero-order valence-corrected chi connectivity index (χ0v) is 18.4. The fourth-order valence-electron chi connectivity index (χ4n) is 7.80. The Morgan fingerprint density at radius 3 is 2.54 bits per heavy atom. The maximum Gasteiger partial charge on any atom is 0.330 e. The number of esters is 1. The summed E-state index contributed by atoms with van der Waals surface area (Å²) in [4.78, 5) is 12.1. The molecule has 3 nitrogen and oxygen atoms in total. The maximum atomic E-state index is 12.1. The van der Waals surface area contributed by atoms with Crippen molar-refractivity contribution >= 4 is 5.97 Å². The number of rotatable bonds is 2. The number of hydrogen-bond acceptors (Lipinski definition) is 3. The lowest BCUT2D eigenvalue weighted by Gasteiger charge is -2.60. The average Bonchev–Trinajstić information content (AvgIpc) is 2.95. The topological polar surface area (TPSA) is 46.5 Å². The lowest BCUT2D eigenvalue weighted by atomic mass is 9.44. The van der Waals surface area contributed by atoms with E-state index in [-0.39, 0.29) is 28.3 Å². The molecule has 0 aliphatic heterocycles. The van der Waals surface area contributed by atoms with Crippen LogP contribution in [0.2, 0.25) is 0 Å². The van der Waals surface area contributed by atoms with Gasteiger partial charge in [0.15, 0.2) is 0 Å². The van der Waals surface area contributed by atoms with Crippen LogP contribution in [-0.2, 0) is 9.53 Å². The predicted octanol–water partition coefficient (Wildman–Crippen LogP) is 5.44. The van der Waals surface area contributed by atoms with Gasteiger partial charge in [-0.05, 0) is 80.5 Å². The van der Waals surface area contributed by atoms with Crippen molar-refractivity contribution in [2.45, 2.75) is 85.7 Å². The molecule has 6 atom stereocenters. The van der Waals surface area contributed by atoms with Gasteiger partial charge >= 0.3 is 5.97 Å². The Kier molecular flexibility index (Phi) is 4.85. The minimum absolute atomic E-state index is 0.108. The Morgan fingerprint density at radius 2 is 1.82 bits per heavy atom. The van der Waals surface area contributed by atoms with E-state index < -0.39 is 0 Å². The molecule has 0 aromatic carbocycles. The zero-order chi connectivity index (χ0) is 20.3. The third-order valence-electron chi connectivity index (χ3n) is 9.36. The third kappa shape index (κ3) is 2.75. The number of carbonyl (C=O) groups is 1. The summed E-state index contributed by atoms with van der Waals surface area (Å²) in [7, 11) is 0. The van der Waals surface area contributed by atoms with Gasteiger partial charge < -0.3 is 9.84 Å². The molecule has 0 spiro atoms. The van der Waals surface area contributed by atoms with Crippen LogP contribution < -0.4 is 0 Å². The quantitative estimate of drug-likeness (QED) is 0.391. The van der Waals surface area contributed by atoms with Crippen molar-refractivity contribution < 1.29 is 14.6 Å². The minimum atomic E-state index is -0.220. The highest BCUT2D eigenvalue weighted by atomic mass is 16.5. The van der Waals surface area contributed by atoms with Crippen LogP contribution in [0.25, 0.3) is 0 Å². The molecular formula is C25H38O3. The van der Waals surface area contributed by atoms with Gasteiger partial charge in [-0.15, -0.1) is 0 Å². The highest BCUT2D eigenvalue weighted by molar-refractivity contribution is 5.83. The van der Waals surface area contributed by atoms with E-state index in [1.807, 2.05) is 13.0 Å². The summed E-state index contributed by atoms with van der Waals surface area (Å²) in [5.74, 6) is 1.91. The first-order valence-corrected chi connectivity index (χ1v) is 11.4. The van der Waals surface area contributed by atoms with E-state index in [2.05, 4.69) is 33.8 Å². The number of aliphatic hydroxyl groups excluding tert-OH is 1. The molecule has 4 aliphatic rings. The molecule has 0 amide bonds. The van der Waals surface area contributed by atoms with Gasteiger partial charge in [-0.2, -0.15) is 0 Å². The summed E-state index contributed by atoms with van der Waals surface area (Å²) in [5, 5.41) is 10.6. The number of carbonyl (C=O) groups excluding carboxylic acids is 1. The first-order valence-electron chi connectivity index (χ1n) is 11.4. The van der Waals surface area contributed by atoms with Crippen LogP contribution >= 0.6 is 0 Å². The minimum Gasteiger partial charge on any atom is -0.463 e. The van der Waals surface area contributed by atoms with Gasteiger partial charge in [0, 0.05) is 11.5 Å². The van der Waals surface area contributed by atoms with E-state index in [1.54, 1.807) is 0 Å². The second-order valence-electron chi connectivity index (χ2n) is 10.8. The van der Waals surface area contributed by atoms with Crippen LogP contribution in [0.1, 0.15) is 79.6 Å². The number of ether oxygens (including phenoxy) is 1. The standard InChI is InChI=1S/C25H38O3/c1-6-28-22(27)15-16-7-9-18-17-8-10-20-23(2,3)21(26)12-14-25(20,5)19(17)11-13-24(16,18)4/h10,15,17-19,21,26H,6-9,11-14H2,1-5H3/b16-15+/t17?,18?,19?,21-,24+,25+/m0/s1. The van der Waals surface area contributed by atoms with Crippen molar-refractivity contribution in [1.82, 2.24) is 0 Å². The van der Waals surface area contributed by atoms with Crippen LogP contribution in [0.5, 0.6) is 0 Å². The first kappa shape index (κ1) is 20.2. The van der Waals surface area contributed by atoms with Crippen molar-refractivity contribution in [1.29, 1.82) is 0 Å². The molecule has 28 heavy (non-hydrogen) atoms. The van der Waals surface area contributed by atoms with Gasteiger partial charge in [0.25, 0.3) is 0 Å². The molecule has 4 rings (SSSR count). The van der Waals surface area contributed by atoms with Gasteiger partial charge in [-0.3, -0.25) is 0 Å². The zero-order valence-electron chi connectivity index (χ0n) is 18.4. The van der Waals surface area contributed by atoms with Gasteiger partial charge in [-0.25, -0.2) is 4.79 Å². The normalized spacial score (nSPS) is 45.6. The van der Waals surface area contributed by atoms with E-state index in [9.17, 15) is 9.90 Å². The first-order chi connectivity index (χ1) is 13.1. The van der Waals surface area contributed by atoms with E-state index in [0.29, 0.717) is 24.4 Å². The third-order valence-corrected chi connectivity index (χ3v) is 9.36. The van der Waals surface area contributed by atoms with Crippen LogP contribution in [0, 0.1) is 34.0 Å². The van der Waals surface area contributed by atoms with Crippen molar-refractivity contribution in [3.8, 4) is 0 Å². The largest absolute Gasteiger partial charge is 0.463 e. The molecule has 0 saturated heterocycles. The van der Waals surface area contributed by atoms with Crippen molar-refractivity contribution in [2.24, 2.45) is 34.0 Å². The summed E-state index contributed by atoms with van der Waals surface area (Å²) >= 11 is 0. The smallest absolute Gasteiger partial charge is 0.330 e. The van der Waals surface area contributed by atoms with Crippen LogP contribution in [-0.4, -0.2) is 23.8 Å². The van der Waals surface area contributed by atoms with Gasteiger partial charge in [-0.1, -0.05) is 44.9 Å². The van der Waals surface area contributed by atoms with E-state index in [0.717, 1.165) is 25.7 Å². The average molecular weight is 387 g/mol. The molecule has 0 bridgehead atoms. The summed E-state index contributed by atoms with van der Waals surface area (Å²) < 4.78 is 5.21. The van der Waals surface area contributed by atoms with Crippen molar-refractivity contribution in [3.05, 3.63) is 23.3 Å². The Morgan fingerprint density at radius 1 is 1.14 bits per heavy atom. The molecule has 4 aliphatic carbocycles. The van der Waals surface area contributed by atoms with E-state index in [1.165, 1.54) is 30.4 Å². The molecular weight excluding hydrogens is 348 g/mol. The second-order valence-corrected chi connectivity index (χ2v) is 10.8. The van der Waals surface area contributed by atoms with Crippen LogP contribution in [0.4, 0.5) is 0 Å². The highest BCUT2D eigenvalue weighted by Gasteiger charge is 2.59. The molecule has 0 aromatic rings. The highest BCUT2D eigenvalue weighted by Crippen LogP contribution is 2.67. The van der Waals surface area contributed by atoms with Gasteiger partial charge in [0.1, 0.15) is 0 Å². The van der Waals surface area contributed by atoms with Crippen molar-refractivity contribution in [2.75, 3.05) is 6.61 Å². The van der Waals surface area contributed by atoms with Gasteiger partial charge in [0.05, 0.1) is 12.7 Å². The van der Waals surface area contributed by atoms with Gasteiger partial charge in [0.2, 0.25) is 0 Å². The summed E-state index contributed by atoms with van der Waals surface area (Å²) in [6.45, 7) is 11.7. The fraction of sp³-hybridized carbons (Fsp3) is 0.800. The van der Waals surface area contributed by atoms with Crippen LogP contribution in [0.15, 0.2) is 23.3 Å². The molecule has 3 heteroatoms. The fourth-order valence-corrected chi connectivity index (χ4v) is 7.80. The van der Waals surface area contributed by atoms with E-state index >= 15 is 0 Å². The monoisotopic (exact) mass is 386 g/mol. The molecule has 1 N–H and O–H groups in total. The molecule has 3 fully saturated rings. The Balaban J connectivity index is 1.65. The molecule has 0 aromatic heterocycles. The summed E-state index contributed by atoms with van der Waals surface area (Å²) in [5.41, 5.74) is 3.11. The predicted molar refractivity (Wildman–Crippen MR) is 112 cm³/mol. The van der Waals surface area contributed by atoms with E-state index in [4.69, 9.17) is 4.74 Å². The lowest BCUT2D eigenvalue weighted by Crippen LogP contribution is -2.54. The Labute approximate surface area is 170 Å². The lowest BCUT2D eigenvalue weighted by molar-refractivity contribution is -0.137. The maximum absolute atomic E-state index is 12.1. The number of aliphatic hydroxyl groups is 1. The SMILES string of the molecule is CCOC(=O)/C=C1\CCC2C3CC=C4C(C)(C)[C@@H](O)CC[C@]4(C)C3CC[C@]12C. The Bertz CT molecular complexity index is 717. The number of allylic oxidation sites excluding steroid dienone is 2.